The zero-order chi connectivity index (χ0) is 19.8. The summed E-state index contributed by atoms with van der Waals surface area (Å²) in [6.07, 6.45) is 1.31. The molecule has 9 heteroatoms. The lowest BCUT2D eigenvalue weighted by atomic mass is 10.2. The predicted molar refractivity (Wildman–Crippen MR) is 103 cm³/mol. The fourth-order valence-electron chi connectivity index (χ4n) is 2.14. The lowest BCUT2D eigenvalue weighted by Crippen LogP contribution is -2.17. The highest BCUT2D eigenvalue weighted by atomic mass is 79.9. The maximum Gasteiger partial charge on any atom is 0.273 e. The van der Waals surface area contributed by atoms with E-state index in [2.05, 4.69) is 26.6 Å². The maximum atomic E-state index is 12.3. The van der Waals surface area contributed by atoms with Crippen molar-refractivity contribution >= 4 is 33.2 Å². The molecule has 0 aliphatic carbocycles. The molecule has 0 unspecified atom stereocenters. The third-order valence-corrected chi connectivity index (χ3v) is 4.28. The van der Waals surface area contributed by atoms with Crippen molar-refractivity contribution in [1.29, 1.82) is 5.26 Å². The Morgan fingerprint density at radius 3 is 2.74 bits per heavy atom. The number of nitriles is 1. The van der Waals surface area contributed by atoms with E-state index in [9.17, 15) is 20.2 Å². The summed E-state index contributed by atoms with van der Waals surface area (Å²) >= 11 is 3.42. The van der Waals surface area contributed by atoms with Gasteiger partial charge < -0.3 is 15.4 Å². The zero-order valence-corrected chi connectivity index (χ0v) is 15.8. The van der Waals surface area contributed by atoms with Crippen LogP contribution in [0, 0.1) is 21.4 Å². The van der Waals surface area contributed by atoms with Crippen molar-refractivity contribution in [2.45, 2.75) is 6.54 Å². The lowest BCUT2D eigenvalue weighted by Gasteiger charge is -2.10. The number of ether oxygens (including phenoxy) is 1. The molecule has 2 rings (SSSR count). The van der Waals surface area contributed by atoms with Gasteiger partial charge in [0.2, 0.25) is 0 Å². The van der Waals surface area contributed by atoms with E-state index >= 15 is 0 Å². The number of nitro benzene ring substituents is 1. The largest absolute Gasteiger partial charge is 0.494 e. The van der Waals surface area contributed by atoms with Gasteiger partial charge in [0, 0.05) is 23.3 Å². The number of carbonyl (C=O) groups excluding carboxylic acids is 1. The number of benzene rings is 2. The molecule has 0 aliphatic rings. The normalized spacial score (nSPS) is 10.6. The number of hydrogen-bond donors (Lipinski definition) is 2. The fourth-order valence-corrected chi connectivity index (χ4v) is 2.56. The molecule has 0 spiro atoms. The number of nitrogens with one attached hydrogen (secondary N) is 2. The molecule has 2 N–H and O–H groups in total. The van der Waals surface area contributed by atoms with Gasteiger partial charge in [0.15, 0.2) is 0 Å². The lowest BCUT2D eigenvalue weighted by molar-refractivity contribution is -0.384. The number of rotatable bonds is 7. The molecule has 2 aromatic carbocycles. The Bertz CT molecular complexity index is 937. The second kappa shape index (κ2) is 9.35. The van der Waals surface area contributed by atoms with Gasteiger partial charge in [-0.3, -0.25) is 14.9 Å². The molecule has 8 nitrogen and oxygen atoms in total. The highest BCUT2D eigenvalue weighted by molar-refractivity contribution is 9.10. The molecule has 0 fully saturated rings. The van der Waals surface area contributed by atoms with Gasteiger partial charge in [0.25, 0.3) is 11.6 Å². The molecule has 2 aromatic rings. The molecular formula is C18H15BrN4O4. The first-order valence-corrected chi connectivity index (χ1v) is 8.46. The quantitative estimate of drug-likeness (QED) is 0.300. The molecule has 1 amide bonds. The minimum atomic E-state index is -0.663. The monoisotopic (exact) mass is 430 g/mol. The van der Waals surface area contributed by atoms with Crippen LogP contribution in [-0.4, -0.2) is 17.9 Å². The summed E-state index contributed by atoms with van der Waals surface area (Å²) in [5, 5.41) is 25.5. The standard InChI is InChI=1S/C18H15BrN4O4/c1-27-17-8-14(23(25)26)6-7-16(17)22-18(24)13(9-20)11-21-10-12-4-2-3-5-15(12)19/h2-8,11,21H,10H2,1H3,(H,22,24)/b13-11-. The van der Waals surface area contributed by atoms with Crippen LogP contribution in [-0.2, 0) is 11.3 Å². The molecule has 0 saturated heterocycles. The van der Waals surface area contributed by atoms with Crippen LogP contribution in [0.25, 0.3) is 0 Å². The molecule has 0 atom stereocenters. The Morgan fingerprint density at radius 2 is 2.11 bits per heavy atom. The van der Waals surface area contributed by atoms with Gasteiger partial charge in [0.05, 0.1) is 23.8 Å². The molecule has 0 bridgehead atoms. The number of anilines is 1. The molecule has 138 valence electrons. The van der Waals surface area contributed by atoms with Crippen molar-refractivity contribution in [3.63, 3.8) is 0 Å². The average molecular weight is 431 g/mol. The third-order valence-electron chi connectivity index (χ3n) is 3.51. The number of carbonyl (C=O) groups is 1. The van der Waals surface area contributed by atoms with E-state index in [0.29, 0.717) is 6.54 Å². The second-order valence-corrected chi connectivity index (χ2v) is 6.09. The van der Waals surface area contributed by atoms with E-state index in [-0.39, 0.29) is 22.7 Å². The van der Waals surface area contributed by atoms with Gasteiger partial charge in [0.1, 0.15) is 17.4 Å². The van der Waals surface area contributed by atoms with Gasteiger partial charge in [-0.25, -0.2) is 0 Å². The molecule has 0 radical (unpaired) electrons. The topological polar surface area (TPSA) is 117 Å². The summed E-state index contributed by atoms with van der Waals surface area (Å²) in [6.45, 7) is 0.417. The number of non-ortho nitro benzene ring substituents is 1. The number of nitro groups is 1. The van der Waals surface area contributed by atoms with Crippen LogP contribution in [0.15, 0.2) is 58.7 Å². The van der Waals surface area contributed by atoms with E-state index in [1.54, 1.807) is 0 Å². The highest BCUT2D eigenvalue weighted by Crippen LogP contribution is 2.29. The van der Waals surface area contributed by atoms with E-state index < -0.39 is 10.8 Å². The molecule has 27 heavy (non-hydrogen) atoms. The Hall–Kier alpha value is -3.38. The molecule has 0 saturated carbocycles. The van der Waals surface area contributed by atoms with Gasteiger partial charge >= 0.3 is 0 Å². The van der Waals surface area contributed by atoms with Crippen molar-refractivity contribution in [3.05, 3.63) is 74.4 Å². The summed E-state index contributed by atoms with van der Waals surface area (Å²) in [5.41, 5.74) is 0.863. The minimum Gasteiger partial charge on any atom is -0.494 e. The first-order chi connectivity index (χ1) is 13.0. The SMILES string of the molecule is COc1cc([N+](=O)[O-])ccc1NC(=O)/C(C#N)=C\NCc1ccccc1Br. The number of hydrogen-bond acceptors (Lipinski definition) is 6. The zero-order valence-electron chi connectivity index (χ0n) is 14.2. The fraction of sp³-hybridized carbons (Fsp3) is 0.111. The maximum absolute atomic E-state index is 12.3. The van der Waals surface area contributed by atoms with Crippen molar-refractivity contribution in [2.24, 2.45) is 0 Å². The Morgan fingerprint density at radius 1 is 1.37 bits per heavy atom. The first kappa shape index (κ1) is 19.9. The Kier molecular flexibility index (Phi) is 6.91. The van der Waals surface area contributed by atoms with Gasteiger partial charge in [-0.2, -0.15) is 5.26 Å². The van der Waals surface area contributed by atoms with Crippen molar-refractivity contribution in [2.75, 3.05) is 12.4 Å². The Balaban J connectivity index is 2.10. The average Bonchev–Trinajstić information content (AvgIpc) is 2.66. The van der Waals surface area contributed by atoms with E-state index in [1.165, 1.54) is 31.5 Å². The van der Waals surface area contributed by atoms with Crippen LogP contribution in [0.2, 0.25) is 0 Å². The van der Waals surface area contributed by atoms with Crippen molar-refractivity contribution in [3.8, 4) is 11.8 Å². The van der Waals surface area contributed by atoms with Crippen LogP contribution >= 0.6 is 15.9 Å². The molecule has 0 heterocycles. The minimum absolute atomic E-state index is 0.121. The Labute approximate surface area is 163 Å². The summed E-state index contributed by atoms with van der Waals surface area (Å²) < 4.78 is 5.97. The smallest absolute Gasteiger partial charge is 0.273 e. The molecule has 0 aliphatic heterocycles. The number of methoxy groups -OCH3 is 1. The van der Waals surface area contributed by atoms with E-state index in [4.69, 9.17) is 4.74 Å². The van der Waals surface area contributed by atoms with Crippen LogP contribution in [0.5, 0.6) is 5.75 Å². The number of amides is 1. The van der Waals surface area contributed by atoms with E-state index in [0.717, 1.165) is 10.0 Å². The summed E-state index contributed by atoms with van der Waals surface area (Å²) in [6, 6.07) is 13.1. The summed E-state index contributed by atoms with van der Waals surface area (Å²) in [7, 11) is 1.33. The number of nitrogens with zero attached hydrogens (tertiary/aromatic N) is 2. The van der Waals surface area contributed by atoms with Crippen LogP contribution in [0.3, 0.4) is 0 Å². The second-order valence-electron chi connectivity index (χ2n) is 5.24. The summed E-state index contributed by atoms with van der Waals surface area (Å²) in [4.78, 5) is 22.5. The van der Waals surface area contributed by atoms with Gasteiger partial charge in [-0.15, -0.1) is 0 Å². The van der Waals surface area contributed by atoms with Crippen molar-refractivity contribution < 1.29 is 14.5 Å². The highest BCUT2D eigenvalue weighted by Gasteiger charge is 2.15. The number of halogens is 1. The molecule has 0 aromatic heterocycles. The molecular weight excluding hydrogens is 416 g/mol. The summed E-state index contributed by atoms with van der Waals surface area (Å²) in [5.74, 6) is -0.541. The van der Waals surface area contributed by atoms with Crippen LogP contribution in [0.4, 0.5) is 11.4 Å². The predicted octanol–water partition coefficient (Wildman–Crippen LogP) is 3.50. The van der Waals surface area contributed by atoms with Crippen LogP contribution < -0.4 is 15.4 Å². The first-order valence-electron chi connectivity index (χ1n) is 7.67. The van der Waals surface area contributed by atoms with Crippen LogP contribution in [0.1, 0.15) is 5.56 Å². The van der Waals surface area contributed by atoms with Gasteiger partial charge in [-0.05, 0) is 17.7 Å². The third kappa shape index (κ3) is 5.29. The van der Waals surface area contributed by atoms with E-state index in [1.807, 2.05) is 30.3 Å². The van der Waals surface area contributed by atoms with Gasteiger partial charge in [-0.1, -0.05) is 34.1 Å². The van der Waals surface area contributed by atoms with Crippen molar-refractivity contribution in [1.82, 2.24) is 5.32 Å².